The van der Waals surface area contributed by atoms with Crippen molar-refractivity contribution in [3.63, 3.8) is 0 Å². The van der Waals surface area contributed by atoms with Crippen LogP contribution in [0.2, 0.25) is 0 Å². The molecule has 3 rings (SSSR count). The number of halogens is 1. The first kappa shape index (κ1) is 22.5. The molecule has 0 amide bonds. The van der Waals surface area contributed by atoms with Crippen LogP contribution in [0, 0.1) is 11.2 Å². The first-order chi connectivity index (χ1) is 14.2. The van der Waals surface area contributed by atoms with Gasteiger partial charge >= 0.3 is 6.09 Å². The molecule has 2 N–H and O–H groups in total. The molecular weight excluding hydrogens is 399 g/mol. The molecule has 2 heterocycles. The Balaban J connectivity index is 2.25. The first-order valence-corrected chi connectivity index (χ1v) is 10.1. The molecule has 0 atom stereocenters. The van der Waals surface area contributed by atoms with Crippen molar-refractivity contribution < 1.29 is 13.9 Å². The largest absolute Gasteiger partial charge is 0.443 e. The lowest BCUT2D eigenvalue weighted by atomic mass is 9.87. The summed E-state index contributed by atoms with van der Waals surface area (Å²) < 4.78 is 22.7. The van der Waals surface area contributed by atoms with E-state index in [0.29, 0.717) is 23.0 Å². The second-order valence-electron chi connectivity index (χ2n) is 9.91. The van der Waals surface area contributed by atoms with Crippen molar-refractivity contribution in [2.24, 2.45) is 5.41 Å². The van der Waals surface area contributed by atoms with Gasteiger partial charge in [-0.3, -0.25) is 4.79 Å². The highest BCUT2D eigenvalue weighted by atomic mass is 19.1. The zero-order valence-corrected chi connectivity index (χ0v) is 18.8. The fraction of sp³-hybridized carbons (Fsp3) is 0.435. The molecule has 0 aliphatic rings. The van der Waals surface area contributed by atoms with Gasteiger partial charge in [0.15, 0.2) is 0 Å². The van der Waals surface area contributed by atoms with Crippen molar-refractivity contribution in [3.05, 3.63) is 58.0 Å². The Labute approximate surface area is 180 Å². The molecule has 0 bridgehead atoms. The van der Waals surface area contributed by atoms with Crippen molar-refractivity contribution in [1.82, 2.24) is 14.1 Å². The summed E-state index contributed by atoms with van der Waals surface area (Å²) in [6.07, 6.45) is 1.44. The first-order valence-electron chi connectivity index (χ1n) is 10.1. The fourth-order valence-corrected chi connectivity index (χ4v) is 3.41. The number of nitrogen functional groups attached to an aromatic ring is 1. The average molecular weight is 429 g/mol. The van der Waals surface area contributed by atoms with Gasteiger partial charge in [-0.25, -0.2) is 18.7 Å². The third-order valence-electron chi connectivity index (χ3n) is 4.53. The van der Waals surface area contributed by atoms with Crippen molar-refractivity contribution in [2.75, 3.05) is 5.73 Å². The van der Waals surface area contributed by atoms with Gasteiger partial charge in [-0.15, -0.1) is 0 Å². The second-order valence-corrected chi connectivity index (χ2v) is 9.91. The topological polar surface area (TPSA) is 92.1 Å². The van der Waals surface area contributed by atoms with Gasteiger partial charge in [0.2, 0.25) is 0 Å². The van der Waals surface area contributed by atoms with Gasteiger partial charge in [0.1, 0.15) is 17.2 Å². The van der Waals surface area contributed by atoms with Crippen LogP contribution in [-0.2, 0) is 17.7 Å². The van der Waals surface area contributed by atoms with Crippen LogP contribution in [0.15, 0.2) is 35.3 Å². The van der Waals surface area contributed by atoms with Crippen LogP contribution in [0.4, 0.5) is 14.9 Å². The summed E-state index contributed by atoms with van der Waals surface area (Å²) >= 11 is 0. The van der Waals surface area contributed by atoms with Gasteiger partial charge in [0.05, 0.1) is 23.3 Å². The number of nitrogens with two attached hydrogens (primary N) is 1. The lowest BCUT2D eigenvalue weighted by Gasteiger charge is -2.21. The summed E-state index contributed by atoms with van der Waals surface area (Å²) in [5.74, 6) is -0.207. The molecule has 1 aromatic carbocycles. The average Bonchev–Trinajstić information content (AvgIpc) is 2.94. The second kappa shape index (κ2) is 7.83. The Kier molecular flexibility index (Phi) is 5.69. The zero-order valence-electron chi connectivity index (χ0n) is 18.8. The predicted molar refractivity (Wildman–Crippen MR) is 119 cm³/mol. The number of rotatable bonds is 3. The van der Waals surface area contributed by atoms with E-state index < -0.39 is 23.1 Å². The smallest absolute Gasteiger partial charge is 0.420 e. The maximum absolute atomic E-state index is 14.5. The Morgan fingerprint density at radius 3 is 2.48 bits per heavy atom. The van der Waals surface area contributed by atoms with E-state index in [0.717, 1.165) is 0 Å². The molecule has 0 unspecified atom stereocenters. The molecular formula is C23H29FN4O3. The van der Waals surface area contributed by atoms with Crippen molar-refractivity contribution in [1.29, 1.82) is 0 Å². The number of anilines is 1. The zero-order chi connectivity index (χ0) is 23.1. The van der Waals surface area contributed by atoms with Crippen LogP contribution >= 0.6 is 0 Å². The van der Waals surface area contributed by atoms with Crippen molar-refractivity contribution in [3.8, 4) is 0 Å². The Bertz CT molecular complexity index is 1200. The molecule has 7 nitrogen and oxygen atoms in total. The Hall–Kier alpha value is -3.16. The number of carbonyl (C=O) groups is 1. The molecule has 0 saturated carbocycles. The number of hydrogen-bond donors (Lipinski definition) is 1. The van der Waals surface area contributed by atoms with E-state index in [9.17, 15) is 14.0 Å². The molecule has 0 aliphatic carbocycles. The Morgan fingerprint density at radius 1 is 1.19 bits per heavy atom. The van der Waals surface area contributed by atoms with E-state index in [2.05, 4.69) is 4.98 Å². The minimum atomic E-state index is -0.763. The summed E-state index contributed by atoms with van der Waals surface area (Å²) in [5.41, 5.74) is 6.04. The van der Waals surface area contributed by atoms with Gasteiger partial charge in [0.25, 0.3) is 5.56 Å². The summed E-state index contributed by atoms with van der Waals surface area (Å²) in [4.78, 5) is 30.2. The number of carbonyl (C=O) groups excluding carboxylic acids is 1. The normalized spacial score (nSPS) is 12.4. The minimum Gasteiger partial charge on any atom is -0.443 e. The molecule has 31 heavy (non-hydrogen) atoms. The lowest BCUT2D eigenvalue weighted by molar-refractivity contribution is 0.0538. The number of ether oxygens (including phenoxy) is 1. The molecule has 0 aliphatic heterocycles. The third kappa shape index (κ3) is 5.13. The molecule has 0 radical (unpaired) electrons. The van der Waals surface area contributed by atoms with E-state index in [1.54, 1.807) is 33.0 Å². The molecule has 2 aromatic heterocycles. The lowest BCUT2D eigenvalue weighted by Crippen LogP contribution is -2.30. The summed E-state index contributed by atoms with van der Waals surface area (Å²) in [7, 11) is 0. The van der Waals surface area contributed by atoms with Crippen molar-refractivity contribution in [2.45, 2.75) is 60.1 Å². The molecule has 0 fully saturated rings. The Morgan fingerprint density at radius 2 is 1.87 bits per heavy atom. The number of benzene rings is 1. The summed E-state index contributed by atoms with van der Waals surface area (Å²) in [5, 5.41) is 0. The number of hydrogen-bond acceptors (Lipinski definition) is 5. The van der Waals surface area contributed by atoms with Crippen LogP contribution < -0.4 is 11.3 Å². The molecule has 0 saturated heterocycles. The SMILES string of the molecule is CC(C)(C)Cc1cc(F)cc2c1nc(Cn1cccc(N)c1=O)n2C(=O)OC(C)(C)C. The minimum absolute atomic E-state index is 0.0195. The number of pyridine rings is 1. The van der Waals surface area contributed by atoms with Crippen LogP contribution in [0.25, 0.3) is 11.0 Å². The van der Waals surface area contributed by atoms with Gasteiger partial charge in [-0.1, -0.05) is 20.8 Å². The third-order valence-corrected chi connectivity index (χ3v) is 4.53. The summed E-state index contributed by atoms with van der Waals surface area (Å²) in [6, 6.07) is 5.86. The molecule has 0 spiro atoms. The summed E-state index contributed by atoms with van der Waals surface area (Å²) in [6.45, 7) is 11.4. The van der Waals surface area contributed by atoms with E-state index in [-0.39, 0.29) is 23.5 Å². The highest BCUT2D eigenvalue weighted by Gasteiger charge is 2.26. The maximum atomic E-state index is 14.5. The molecule has 3 aromatic rings. The number of aromatic nitrogens is 3. The molecule has 166 valence electrons. The van der Waals surface area contributed by atoms with Crippen LogP contribution in [0.3, 0.4) is 0 Å². The van der Waals surface area contributed by atoms with Gasteiger partial charge in [-0.05, 0) is 56.4 Å². The highest BCUT2D eigenvalue weighted by molar-refractivity contribution is 5.89. The van der Waals surface area contributed by atoms with E-state index in [4.69, 9.17) is 10.5 Å². The van der Waals surface area contributed by atoms with E-state index >= 15 is 0 Å². The standard InChI is InChI=1S/C23H29FN4O3/c1-22(2,3)12-14-10-15(24)11-17-19(14)26-18(28(17)21(30)31-23(4,5)6)13-27-9-7-8-16(25)20(27)29/h7-11H,12-13,25H2,1-6H3. The predicted octanol–water partition coefficient (Wildman–Crippen LogP) is 4.34. The van der Waals surface area contributed by atoms with E-state index in [1.165, 1.54) is 27.3 Å². The number of fused-ring (bicyclic) bond motifs is 1. The van der Waals surface area contributed by atoms with Gasteiger partial charge in [0, 0.05) is 12.3 Å². The van der Waals surface area contributed by atoms with E-state index in [1.807, 2.05) is 20.8 Å². The van der Waals surface area contributed by atoms with Gasteiger partial charge in [-0.2, -0.15) is 0 Å². The van der Waals surface area contributed by atoms with Crippen molar-refractivity contribution >= 4 is 22.8 Å². The number of nitrogens with zero attached hydrogens (tertiary/aromatic N) is 3. The highest BCUT2D eigenvalue weighted by Crippen LogP contribution is 2.29. The quantitative estimate of drug-likeness (QED) is 0.670. The van der Waals surface area contributed by atoms with Gasteiger partial charge < -0.3 is 15.0 Å². The maximum Gasteiger partial charge on any atom is 0.420 e. The number of imidazole rings is 1. The molecule has 8 heteroatoms. The fourth-order valence-electron chi connectivity index (χ4n) is 3.41. The van der Waals surface area contributed by atoms with Crippen LogP contribution in [0.1, 0.15) is 52.9 Å². The monoisotopic (exact) mass is 428 g/mol. The van der Waals surface area contributed by atoms with Crippen LogP contribution in [-0.4, -0.2) is 25.8 Å². The van der Waals surface area contributed by atoms with Crippen LogP contribution in [0.5, 0.6) is 0 Å².